The minimum Gasteiger partial charge on any atom is -0.309 e. The Kier molecular flexibility index (Phi) is 2.49. The van der Waals surface area contributed by atoms with Crippen molar-refractivity contribution in [3.05, 3.63) is 17.0 Å². The molecule has 0 bridgehead atoms. The largest absolute Gasteiger partial charge is 0.309 e. The first-order valence-electron chi connectivity index (χ1n) is 6.24. The molecule has 1 aliphatic heterocycles. The van der Waals surface area contributed by atoms with Crippen molar-refractivity contribution in [2.24, 2.45) is 0 Å². The van der Waals surface area contributed by atoms with Gasteiger partial charge in [0.2, 0.25) is 0 Å². The van der Waals surface area contributed by atoms with E-state index in [2.05, 4.69) is 15.5 Å². The fraction of sp³-hybridized carbons (Fsp3) is 0.750. The van der Waals surface area contributed by atoms with Crippen molar-refractivity contribution in [1.82, 2.24) is 15.5 Å². The molecule has 82 valence electrons. The Balaban J connectivity index is 1.87. The van der Waals surface area contributed by atoms with Gasteiger partial charge in [-0.25, -0.2) is 0 Å². The van der Waals surface area contributed by atoms with Crippen molar-refractivity contribution in [2.45, 2.75) is 51.0 Å². The van der Waals surface area contributed by atoms with Crippen molar-refractivity contribution in [3.63, 3.8) is 0 Å². The molecule has 2 aliphatic rings. The Morgan fingerprint density at radius 2 is 2.00 bits per heavy atom. The maximum atomic E-state index is 4.53. The van der Waals surface area contributed by atoms with Crippen LogP contribution in [0.2, 0.25) is 0 Å². The zero-order chi connectivity index (χ0) is 10.1. The summed E-state index contributed by atoms with van der Waals surface area (Å²) in [4.78, 5) is 0. The van der Waals surface area contributed by atoms with Crippen LogP contribution in [-0.2, 0) is 12.8 Å². The third kappa shape index (κ3) is 1.69. The molecule has 3 rings (SSSR count). The van der Waals surface area contributed by atoms with E-state index >= 15 is 0 Å². The molecule has 0 radical (unpaired) electrons. The summed E-state index contributed by atoms with van der Waals surface area (Å²) in [6.07, 6.45) is 9.03. The minimum absolute atomic E-state index is 0.525. The summed E-state index contributed by atoms with van der Waals surface area (Å²) in [5.74, 6) is 0. The van der Waals surface area contributed by atoms with E-state index in [0.29, 0.717) is 6.04 Å². The molecule has 2 N–H and O–H groups in total. The smallest absolute Gasteiger partial charge is 0.0826 e. The second-order valence-corrected chi connectivity index (χ2v) is 4.78. The van der Waals surface area contributed by atoms with Gasteiger partial charge in [0.25, 0.3) is 0 Å². The lowest BCUT2D eigenvalue weighted by atomic mass is 9.91. The summed E-state index contributed by atoms with van der Waals surface area (Å²) in [5.41, 5.74) is 4.26. The number of H-pyrrole nitrogens is 1. The molecule has 15 heavy (non-hydrogen) atoms. The van der Waals surface area contributed by atoms with Gasteiger partial charge in [-0.2, -0.15) is 5.10 Å². The number of hydrogen-bond acceptors (Lipinski definition) is 2. The molecule has 3 heteroatoms. The van der Waals surface area contributed by atoms with Crippen LogP contribution in [0.25, 0.3) is 0 Å². The molecule has 1 saturated heterocycles. The van der Waals surface area contributed by atoms with E-state index in [1.54, 1.807) is 0 Å². The molecule has 1 atom stereocenters. The van der Waals surface area contributed by atoms with Crippen LogP contribution in [0.15, 0.2) is 0 Å². The number of nitrogens with zero attached hydrogens (tertiary/aromatic N) is 1. The van der Waals surface area contributed by atoms with Gasteiger partial charge in [0.05, 0.1) is 11.7 Å². The Labute approximate surface area is 90.7 Å². The quantitative estimate of drug-likeness (QED) is 0.737. The maximum Gasteiger partial charge on any atom is 0.0826 e. The third-order valence-corrected chi connectivity index (χ3v) is 3.73. The number of aromatic amines is 1. The highest BCUT2D eigenvalue weighted by Gasteiger charge is 2.24. The maximum absolute atomic E-state index is 4.53. The van der Waals surface area contributed by atoms with Gasteiger partial charge in [0.1, 0.15) is 0 Å². The van der Waals surface area contributed by atoms with E-state index < -0.39 is 0 Å². The van der Waals surface area contributed by atoms with Crippen LogP contribution in [0.5, 0.6) is 0 Å². The van der Waals surface area contributed by atoms with E-state index in [1.165, 1.54) is 61.9 Å². The summed E-state index contributed by atoms with van der Waals surface area (Å²) in [6, 6.07) is 0.525. The fourth-order valence-corrected chi connectivity index (χ4v) is 2.88. The van der Waals surface area contributed by atoms with Crippen LogP contribution in [0, 0.1) is 0 Å². The number of piperidine rings is 1. The van der Waals surface area contributed by atoms with Gasteiger partial charge in [-0.05, 0) is 50.6 Å². The van der Waals surface area contributed by atoms with E-state index in [9.17, 15) is 0 Å². The number of aromatic nitrogens is 2. The van der Waals surface area contributed by atoms with Crippen LogP contribution in [0.3, 0.4) is 0 Å². The Hall–Kier alpha value is -0.830. The number of fused-ring (bicyclic) bond motifs is 1. The molecule has 0 amide bonds. The van der Waals surface area contributed by atoms with E-state index in [-0.39, 0.29) is 0 Å². The number of hydrogen-bond donors (Lipinski definition) is 2. The molecule has 2 heterocycles. The summed E-state index contributed by atoms with van der Waals surface area (Å²) in [7, 11) is 0. The molecule has 1 fully saturated rings. The molecule has 0 spiro atoms. The fourth-order valence-electron chi connectivity index (χ4n) is 2.88. The van der Waals surface area contributed by atoms with Crippen molar-refractivity contribution in [1.29, 1.82) is 0 Å². The van der Waals surface area contributed by atoms with Gasteiger partial charge in [-0.15, -0.1) is 0 Å². The molecule has 0 saturated carbocycles. The Morgan fingerprint density at radius 3 is 2.87 bits per heavy atom. The van der Waals surface area contributed by atoms with Crippen LogP contribution in [0.1, 0.15) is 55.1 Å². The van der Waals surface area contributed by atoms with E-state index in [1.807, 2.05) is 0 Å². The lowest BCUT2D eigenvalue weighted by molar-refractivity contribution is 0.402. The summed E-state index contributed by atoms with van der Waals surface area (Å²) in [5, 5.41) is 11.4. The zero-order valence-electron chi connectivity index (χ0n) is 9.18. The molecular weight excluding hydrogens is 186 g/mol. The highest BCUT2D eigenvalue weighted by molar-refractivity contribution is 5.30. The Bertz CT molecular complexity index is 337. The number of rotatable bonds is 1. The van der Waals surface area contributed by atoms with Crippen molar-refractivity contribution >= 4 is 0 Å². The average molecular weight is 205 g/mol. The van der Waals surface area contributed by atoms with Crippen LogP contribution >= 0.6 is 0 Å². The monoisotopic (exact) mass is 205 g/mol. The molecule has 0 unspecified atom stereocenters. The highest BCUT2D eigenvalue weighted by atomic mass is 15.1. The summed E-state index contributed by atoms with van der Waals surface area (Å²) in [6.45, 7) is 1.16. The lowest BCUT2D eigenvalue weighted by Crippen LogP contribution is -2.28. The van der Waals surface area contributed by atoms with Crippen molar-refractivity contribution in [2.75, 3.05) is 6.54 Å². The number of aryl methyl sites for hydroxylation is 1. The molecule has 1 aliphatic carbocycles. The molecule has 1 aromatic heterocycles. The minimum atomic E-state index is 0.525. The average Bonchev–Trinajstić information content (AvgIpc) is 2.74. The molecular formula is C12H19N3. The van der Waals surface area contributed by atoms with E-state index in [4.69, 9.17) is 0 Å². The first-order chi connectivity index (χ1) is 7.45. The predicted octanol–water partition coefficient (Wildman–Crippen LogP) is 2.10. The SMILES string of the molecule is C1CC[C@H](c2n[nH]c3c2CCCC3)NC1. The predicted molar refractivity (Wildman–Crippen MR) is 59.8 cm³/mol. The highest BCUT2D eigenvalue weighted by Crippen LogP contribution is 2.29. The molecule has 0 aromatic carbocycles. The van der Waals surface area contributed by atoms with Gasteiger partial charge in [-0.1, -0.05) is 6.42 Å². The van der Waals surface area contributed by atoms with Crippen LogP contribution < -0.4 is 5.32 Å². The molecule has 1 aromatic rings. The topological polar surface area (TPSA) is 40.7 Å². The standard InChI is InChI=1S/C12H19N3/c1-2-6-10-9(5-1)12(15-14-10)11-7-3-4-8-13-11/h11,13H,1-8H2,(H,14,15)/t11-/m1/s1. The normalized spacial score (nSPS) is 26.3. The third-order valence-electron chi connectivity index (χ3n) is 3.73. The second kappa shape index (κ2) is 3.97. The first-order valence-corrected chi connectivity index (χ1v) is 6.24. The zero-order valence-corrected chi connectivity index (χ0v) is 9.18. The van der Waals surface area contributed by atoms with Gasteiger partial charge < -0.3 is 5.32 Å². The second-order valence-electron chi connectivity index (χ2n) is 4.78. The summed E-state index contributed by atoms with van der Waals surface area (Å²) < 4.78 is 0. The van der Waals surface area contributed by atoms with Gasteiger partial charge >= 0.3 is 0 Å². The van der Waals surface area contributed by atoms with Crippen molar-refractivity contribution in [3.8, 4) is 0 Å². The van der Waals surface area contributed by atoms with Gasteiger partial charge in [0, 0.05) is 5.69 Å². The lowest BCUT2D eigenvalue weighted by Gasteiger charge is -2.23. The molecule has 3 nitrogen and oxygen atoms in total. The van der Waals surface area contributed by atoms with Gasteiger partial charge in [0.15, 0.2) is 0 Å². The number of nitrogens with one attached hydrogen (secondary N) is 2. The first kappa shape index (κ1) is 9.40. The van der Waals surface area contributed by atoms with Crippen LogP contribution in [0.4, 0.5) is 0 Å². The Morgan fingerprint density at radius 1 is 1.07 bits per heavy atom. The van der Waals surface area contributed by atoms with Gasteiger partial charge in [-0.3, -0.25) is 5.10 Å². The van der Waals surface area contributed by atoms with E-state index in [0.717, 1.165) is 6.54 Å². The van der Waals surface area contributed by atoms with Crippen LogP contribution in [-0.4, -0.2) is 16.7 Å². The van der Waals surface area contributed by atoms with Crippen molar-refractivity contribution < 1.29 is 0 Å². The summed E-state index contributed by atoms with van der Waals surface area (Å²) >= 11 is 0.